The van der Waals surface area contributed by atoms with Crippen LogP contribution >= 0.6 is 0 Å². The van der Waals surface area contributed by atoms with Crippen LogP contribution in [0, 0.1) is 44.8 Å². The first-order valence-electron chi connectivity index (χ1n) is 23.4. The van der Waals surface area contributed by atoms with E-state index in [2.05, 4.69) is 34.6 Å². The van der Waals surface area contributed by atoms with Crippen LogP contribution in [0.3, 0.4) is 0 Å². The summed E-state index contributed by atoms with van der Waals surface area (Å²) in [6, 6.07) is 0. The number of carbonyl (C=O) groups is 1. The molecule has 63 heavy (non-hydrogen) atoms. The van der Waals surface area contributed by atoms with Gasteiger partial charge in [0.05, 0.1) is 12.7 Å². The van der Waals surface area contributed by atoms with Crippen LogP contribution in [0.2, 0.25) is 0 Å². The van der Waals surface area contributed by atoms with Gasteiger partial charge in [0.2, 0.25) is 0 Å². The van der Waals surface area contributed by atoms with Crippen molar-refractivity contribution in [3.63, 3.8) is 0 Å². The standard InChI is InChI=1S/C48H80O15/c1-14-35(49)63-40(44(5,6)60-28-54-13)30-21-29(2)36-38(61-30)41(59-27-53-12)46(8)33-16-15-32-43(3,4)34(17-18-47(32)23-48(33,47)20-19-45(36,46)7)62-42-39(58-26-52-11)37(57-25-51-10)31(22-55-42)56-24-50-9/h29-34,37,39-42H,14-28H2,1-13H3/t29-,30-,31-,32+,33+,34+,37+,39-,40+,41+,42+,45-,46-,47-,48+/m1/s1. The lowest BCUT2D eigenvalue weighted by molar-refractivity contribution is -0.336. The molecular weight excluding hydrogens is 817 g/mol. The molecule has 4 saturated carbocycles. The normalized spacial score (nSPS) is 42.0. The Balaban J connectivity index is 1.15. The average molecular weight is 897 g/mol. The second kappa shape index (κ2) is 19.3. The summed E-state index contributed by atoms with van der Waals surface area (Å²) in [6.07, 6.45) is 4.78. The van der Waals surface area contributed by atoms with Crippen molar-refractivity contribution in [1.82, 2.24) is 0 Å². The van der Waals surface area contributed by atoms with E-state index in [-0.39, 0.29) is 98.2 Å². The molecule has 0 aromatic carbocycles. The second-order valence-electron chi connectivity index (χ2n) is 21.1. The van der Waals surface area contributed by atoms with Crippen molar-refractivity contribution in [3.8, 4) is 0 Å². The summed E-state index contributed by atoms with van der Waals surface area (Å²) in [6.45, 7) is 18.5. The summed E-state index contributed by atoms with van der Waals surface area (Å²) in [5.41, 5.74) is 0.285. The van der Waals surface area contributed by atoms with Crippen LogP contribution in [0.5, 0.6) is 0 Å². The smallest absolute Gasteiger partial charge is 0.306 e. The molecule has 0 radical (unpaired) electrons. The van der Waals surface area contributed by atoms with E-state index in [9.17, 15) is 4.79 Å². The topological polar surface area (TPSA) is 146 Å². The van der Waals surface area contributed by atoms with Crippen LogP contribution in [0.25, 0.3) is 0 Å². The molecule has 15 nitrogen and oxygen atoms in total. The van der Waals surface area contributed by atoms with E-state index in [0.717, 1.165) is 37.9 Å². The third-order valence-corrected chi connectivity index (χ3v) is 17.4. The van der Waals surface area contributed by atoms with E-state index in [1.54, 1.807) is 35.5 Å². The molecule has 2 spiro atoms. The average Bonchev–Trinajstić information content (AvgIpc) is 3.88. The number of hydrogen-bond acceptors (Lipinski definition) is 15. The number of esters is 1. The fourth-order valence-corrected chi connectivity index (χ4v) is 14.6. The van der Waals surface area contributed by atoms with Crippen molar-refractivity contribution >= 4 is 5.97 Å². The molecule has 7 aliphatic rings. The Morgan fingerprint density at radius 2 is 1.40 bits per heavy atom. The van der Waals surface area contributed by atoms with Crippen molar-refractivity contribution < 1.29 is 71.1 Å². The van der Waals surface area contributed by atoms with E-state index in [0.29, 0.717) is 18.3 Å². The number of carbonyl (C=O) groups excluding carboxylic acids is 1. The molecule has 0 aromatic heterocycles. The first kappa shape index (κ1) is 49.4. The maximum atomic E-state index is 13.0. The van der Waals surface area contributed by atoms with E-state index in [4.69, 9.17) is 66.3 Å². The number of allylic oxidation sites excluding steroid dienone is 1. The Labute approximate surface area is 376 Å². The lowest BCUT2D eigenvalue weighted by Crippen LogP contribution is -2.62. The van der Waals surface area contributed by atoms with Crippen molar-refractivity contribution in [2.24, 2.45) is 44.8 Å². The fraction of sp³-hybridized carbons (Fsp3) is 0.938. The number of methoxy groups -OCH3 is 5. The quantitative estimate of drug-likeness (QED) is 0.0654. The molecular formula is C48H80O15. The summed E-state index contributed by atoms with van der Waals surface area (Å²) in [7, 11) is 8.06. The van der Waals surface area contributed by atoms with Gasteiger partial charge in [-0.1, -0.05) is 41.5 Å². The first-order valence-corrected chi connectivity index (χ1v) is 23.4. The minimum atomic E-state index is -0.870. The van der Waals surface area contributed by atoms with Gasteiger partial charge in [0.25, 0.3) is 0 Å². The lowest BCUT2D eigenvalue weighted by Gasteiger charge is -2.64. The lowest BCUT2D eigenvalue weighted by atomic mass is 9.41. The first-order chi connectivity index (χ1) is 30.0. The molecule has 0 N–H and O–H groups in total. The van der Waals surface area contributed by atoms with Crippen LogP contribution < -0.4 is 0 Å². The molecule has 2 heterocycles. The maximum absolute atomic E-state index is 13.0. The number of hydrogen-bond donors (Lipinski definition) is 0. The van der Waals surface area contributed by atoms with Crippen LogP contribution in [-0.2, 0) is 71.1 Å². The van der Waals surface area contributed by atoms with Gasteiger partial charge >= 0.3 is 5.97 Å². The molecule has 1 saturated heterocycles. The van der Waals surface area contributed by atoms with Gasteiger partial charge in [-0.25, -0.2) is 0 Å². The summed E-state index contributed by atoms with van der Waals surface area (Å²) in [5.74, 6) is 1.65. The largest absolute Gasteiger partial charge is 0.488 e. The van der Waals surface area contributed by atoms with Gasteiger partial charge in [-0.15, -0.1) is 0 Å². The predicted octanol–water partition coefficient (Wildman–Crippen LogP) is 7.13. The zero-order valence-corrected chi connectivity index (χ0v) is 40.6. The molecule has 0 bridgehead atoms. The molecule has 5 aliphatic carbocycles. The van der Waals surface area contributed by atoms with E-state index < -0.39 is 42.4 Å². The third kappa shape index (κ3) is 8.25. The van der Waals surface area contributed by atoms with E-state index in [1.165, 1.54) is 18.4 Å². The zero-order valence-electron chi connectivity index (χ0n) is 40.6. The van der Waals surface area contributed by atoms with Crippen molar-refractivity contribution in [2.75, 3.05) is 76.1 Å². The molecule has 0 aromatic rings. The highest BCUT2D eigenvalue weighted by Crippen LogP contribution is 2.89. The number of ether oxygens (including phenoxy) is 14. The van der Waals surface area contributed by atoms with Crippen molar-refractivity contribution in [1.29, 1.82) is 0 Å². The molecule has 362 valence electrons. The molecule has 0 amide bonds. The van der Waals surface area contributed by atoms with Crippen LogP contribution in [0.1, 0.15) is 113 Å². The summed E-state index contributed by atoms with van der Waals surface area (Å²) < 4.78 is 85.4. The highest BCUT2D eigenvalue weighted by molar-refractivity contribution is 5.69. The Hall–Kier alpha value is -1.47. The van der Waals surface area contributed by atoms with Gasteiger partial charge in [0, 0.05) is 52.8 Å². The van der Waals surface area contributed by atoms with Crippen LogP contribution in [0.4, 0.5) is 0 Å². The Morgan fingerprint density at radius 1 is 0.778 bits per heavy atom. The number of rotatable bonds is 21. The van der Waals surface area contributed by atoms with Crippen LogP contribution in [0.15, 0.2) is 11.3 Å². The molecule has 5 fully saturated rings. The fourth-order valence-electron chi connectivity index (χ4n) is 14.6. The second-order valence-corrected chi connectivity index (χ2v) is 21.1. The molecule has 15 heteroatoms. The van der Waals surface area contributed by atoms with Crippen molar-refractivity contribution in [3.05, 3.63) is 11.3 Å². The monoisotopic (exact) mass is 897 g/mol. The predicted molar refractivity (Wildman–Crippen MR) is 229 cm³/mol. The number of fused-ring (bicyclic) bond motifs is 3. The SMILES string of the molecule is CCC(=O)O[C@@H]([C@H]1C[C@@H](C)C2=C(O1)[C@H](OCOC)[C@@]1(C)[C@@H]3CC[C@H]4C(C)(C)[C@@H](O[C@@H]5OC[C@@H](OCOC)[C@H](OCOC)[C@H]5OCOC)CC[C@@]45C[C@@]35CC[C@]21C)C(C)(C)OCOC. The highest BCUT2D eigenvalue weighted by atomic mass is 16.8. The van der Waals surface area contributed by atoms with Gasteiger partial charge < -0.3 is 66.3 Å². The van der Waals surface area contributed by atoms with Crippen LogP contribution in [-0.4, -0.2) is 137 Å². The van der Waals surface area contributed by atoms with E-state index >= 15 is 0 Å². The van der Waals surface area contributed by atoms with Gasteiger partial charge in [-0.3, -0.25) is 4.79 Å². The Kier molecular flexibility index (Phi) is 15.1. The van der Waals surface area contributed by atoms with E-state index in [1.807, 2.05) is 20.8 Å². The highest BCUT2D eigenvalue weighted by Gasteiger charge is 2.84. The zero-order chi connectivity index (χ0) is 45.6. The molecule has 2 aliphatic heterocycles. The van der Waals surface area contributed by atoms with Gasteiger partial charge in [-0.05, 0) is 105 Å². The summed E-state index contributed by atoms with van der Waals surface area (Å²) in [5, 5.41) is 0. The Morgan fingerprint density at radius 3 is 2.06 bits per heavy atom. The van der Waals surface area contributed by atoms with Gasteiger partial charge in [-0.2, -0.15) is 0 Å². The Bertz CT molecular complexity index is 1600. The molecule has 15 atom stereocenters. The molecule has 0 unspecified atom stereocenters. The minimum absolute atomic E-state index is 0.0463. The third-order valence-electron chi connectivity index (χ3n) is 17.4. The maximum Gasteiger partial charge on any atom is 0.306 e. The molecule has 7 rings (SSSR count). The summed E-state index contributed by atoms with van der Waals surface area (Å²) in [4.78, 5) is 13.0. The van der Waals surface area contributed by atoms with Gasteiger partial charge in [0.15, 0.2) is 12.4 Å². The van der Waals surface area contributed by atoms with Crippen molar-refractivity contribution in [2.45, 2.75) is 168 Å². The summed E-state index contributed by atoms with van der Waals surface area (Å²) >= 11 is 0. The minimum Gasteiger partial charge on any atom is -0.488 e. The van der Waals surface area contributed by atoms with Gasteiger partial charge in [0.1, 0.15) is 75.8 Å².